The number of nitrogens with zero attached hydrogens (tertiary/aromatic N) is 3. The van der Waals surface area contributed by atoms with Gasteiger partial charge in [0.15, 0.2) is 18.9 Å². The van der Waals surface area contributed by atoms with Gasteiger partial charge < -0.3 is 14.7 Å². The van der Waals surface area contributed by atoms with Gasteiger partial charge in [0.25, 0.3) is 0 Å². The number of aryl methyl sites for hydroxylation is 2. The van der Waals surface area contributed by atoms with E-state index in [1.807, 2.05) is 42.5 Å². The molecule has 1 saturated heterocycles. The van der Waals surface area contributed by atoms with Crippen LogP contribution in [0.25, 0.3) is 5.57 Å². The molecular weight excluding hydrogens is 598 g/mol. The Kier molecular flexibility index (Phi) is 7.63. The Balaban J connectivity index is 1.06. The number of fused-ring (bicyclic) bond motifs is 1. The van der Waals surface area contributed by atoms with Crippen LogP contribution in [0.2, 0.25) is 0 Å². The Labute approximate surface area is 282 Å². The Morgan fingerprint density at radius 2 is 1.71 bits per heavy atom. The van der Waals surface area contributed by atoms with Crippen LogP contribution >= 0.6 is 0 Å². The van der Waals surface area contributed by atoms with Crippen LogP contribution in [0.15, 0.2) is 78.1 Å². The molecule has 0 aromatic heterocycles. The average Bonchev–Trinajstić information content (AvgIpc) is 3.61. The first-order valence-corrected chi connectivity index (χ1v) is 17.6. The fourth-order valence-corrected chi connectivity index (χ4v) is 8.74. The second-order valence-corrected chi connectivity index (χ2v) is 14.5. The molecule has 1 N–H and O–H groups in total. The maximum absolute atomic E-state index is 13.8. The molecule has 7 nitrogen and oxygen atoms in total. The van der Waals surface area contributed by atoms with Crippen LogP contribution in [0.1, 0.15) is 83.7 Å². The summed E-state index contributed by atoms with van der Waals surface area (Å²) in [6.45, 7) is 8.16. The Bertz CT molecular complexity index is 1900. The van der Waals surface area contributed by atoms with E-state index in [0.717, 1.165) is 74.3 Å². The number of esters is 1. The van der Waals surface area contributed by atoms with Crippen molar-refractivity contribution in [2.24, 2.45) is 0 Å². The van der Waals surface area contributed by atoms with Gasteiger partial charge in [-0.1, -0.05) is 30.3 Å². The minimum atomic E-state index is -0.424. The van der Waals surface area contributed by atoms with Crippen LogP contribution in [0, 0.1) is 0 Å². The number of allylic oxidation sites excluding steroid dienone is 3. The smallest absolute Gasteiger partial charge is 0.338 e. The van der Waals surface area contributed by atoms with Crippen molar-refractivity contribution in [1.82, 2.24) is 4.90 Å². The van der Waals surface area contributed by atoms with Crippen molar-refractivity contribution in [3.05, 3.63) is 111 Å². The second-order valence-electron chi connectivity index (χ2n) is 14.5. The molecule has 3 aromatic rings. The number of ketones is 1. The molecule has 0 amide bonds. The van der Waals surface area contributed by atoms with Gasteiger partial charge in [-0.05, 0) is 112 Å². The van der Waals surface area contributed by atoms with E-state index in [-0.39, 0.29) is 24.1 Å². The van der Waals surface area contributed by atoms with Crippen molar-refractivity contribution >= 4 is 34.4 Å². The number of hydrogen-bond donors (Lipinski definition) is 1. The van der Waals surface area contributed by atoms with E-state index in [4.69, 9.17) is 4.74 Å². The normalized spacial score (nSPS) is 22.2. The van der Waals surface area contributed by atoms with Gasteiger partial charge in [-0.2, -0.15) is 4.58 Å². The molecule has 0 saturated carbocycles. The third-order valence-corrected chi connectivity index (χ3v) is 11.3. The summed E-state index contributed by atoms with van der Waals surface area (Å²) in [6, 6.07) is 20.7. The van der Waals surface area contributed by atoms with Gasteiger partial charge in [-0.15, -0.1) is 0 Å². The molecule has 1 atom stereocenters. The molecule has 246 valence electrons. The first-order valence-electron chi connectivity index (χ1n) is 17.6. The number of Topliss-reactive ketones (excluding diaryl/α,β-unsaturated/α-hetero) is 1. The molecule has 0 bridgehead atoms. The lowest BCUT2D eigenvalue weighted by molar-refractivity contribution is -0.440. The molecule has 48 heavy (non-hydrogen) atoms. The molecule has 7 heteroatoms. The third-order valence-electron chi connectivity index (χ3n) is 11.3. The Morgan fingerprint density at radius 3 is 2.38 bits per heavy atom. The first kappa shape index (κ1) is 30.8. The monoisotopic (exact) mass is 642 g/mol. The number of rotatable bonds is 7. The number of aliphatic hydroxyl groups excluding tert-OH is 1. The zero-order valence-corrected chi connectivity index (χ0v) is 28.2. The maximum Gasteiger partial charge on any atom is 0.338 e. The number of carbonyl (C=O) groups excluding carboxylic acids is 2. The standard InChI is InChI=1S/C41H43N3O4/c1-41(2)32-11-4-5-12-34(32)44(21-22-48-40(47)27-16-14-26(15-17-27)33-13-8-18-42(33)3)35(41)25-31-38(45)36(39(31)46)30-23-28-9-6-19-43-20-7-10-29(24-30)37(28)43/h4-5,11-12,14-17,23-25,33H,6-10,13,18-22H2,1-3H3/p+1. The molecule has 3 aromatic carbocycles. The zero-order chi connectivity index (χ0) is 33.2. The molecule has 1 unspecified atom stereocenters. The largest absolute Gasteiger partial charge is 0.506 e. The number of ether oxygens (including phenoxy) is 1. The summed E-state index contributed by atoms with van der Waals surface area (Å²) < 4.78 is 7.93. The Morgan fingerprint density at radius 1 is 1.00 bits per heavy atom. The minimum absolute atomic E-state index is 0.0634. The van der Waals surface area contributed by atoms with E-state index in [2.05, 4.69) is 59.5 Å². The quantitative estimate of drug-likeness (QED) is 0.173. The summed E-state index contributed by atoms with van der Waals surface area (Å²) in [4.78, 5) is 31.7. The zero-order valence-electron chi connectivity index (χ0n) is 28.2. The summed E-state index contributed by atoms with van der Waals surface area (Å²) >= 11 is 0. The van der Waals surface area contributed by atoms with E-state index in [1.165, 1.54) is 28.8 Å². The number of aliphatic hydroxyl groups is 1. The lowest BCUT2D eigenvalue weighted by Crippen LogP contribution is -2.35. The molecular formula is C41H44N3O4+. The first-order chi connectivity index (χ1) is 23.2. The highest BCUT2D eigenvalue weighted by Gasteiger charge is 2.46. The molecule has 1 fully saturated rings. The predicted octanol–water partition coefficient (Wildman–Crippen LogP) is 6.86. The molecule has 4 heterocycles. The van der Waals surface area contributed by atoms with Gasteiger partial charge in [0.1, 0.15) is 5.76 Å². The van der Waals surface area contributed by atoms with E-state index in [1.54, 1.807) is 0 Å². The average molecular weight is 643 g/mol. The summed E-state index contributed by atoms with van der Waals surface area (Å²) in [5.41, 5.74) is 9.91. The molecule has 8 rings (SSSR count). The topological polar surface area (TPSA) is 73.1 Å². The van der Waals surface area contributed by atoms with Gasteiger partial charge in [0.05, 0.1) is 22.1 Å². The van der Waals surface area contributed by atoms with E-state index < -0.39 is 5.41 Å². The molecule has 4 aliphatic heterocycles. The molecule has 1 aliphatic carbocycles. The van der Waals surface area contributed by atoms with Gasteiger partial charge in [0.2, 0.25) is 11.5 Å². The number of para-hydroxylation sites is 1. The highest BCUT2D eigenvalue weighted by molar-refractivity contribution is 6.40. The predicted molar refractivity (Wildman–Crippen MR) is 189 cm³/mol. The van der Waals surface area contributed by atoms with Gasteiger partial charge in [-0.25, -0.2) is 4.79 Å². The van der Waals surface area contributed by atoms with Crippen LogP contribution < -0.4 is 4.90 Å². The highest BCUT2D eigenvalue weighted by Crippen LogP contribution is 2.44. The number of benzene rings is 3. The number of carbonyl (C=O) groups is 2. The van der Waals surface area contributed by atoms with E-state index in [0.29, 0.717) is 29.3 Å². The number of likely N-dealkylation sites (tertiary alicyclic amines) is 1. The van der Waals surface area contributed by atoms with Crippen LogP contribution in [-0.4, -0.2) is 71.9 Å². The number of hydrogen-bond acceptors (Lipinski definition) is 6. The second kappa shape index (κ2) is 11.9. The van der Waals surface area contributed by atoms with E-state index in [9.17, 15) is 14.7 Å². The van der Waals surface area contributed by atoms with Crippen LogP contribution in [0.4, 0.5) is 11.4 Å². The summed E-state index contributed by atoms with van der Waals surface area (Å²) in [5, 5.41) is 11.4. The van der Waals surface area contributed by atoms with Crippen LogP contribution in [-0.2, 0) is 27.8 Å². The fourth-order valence-electron chi connectivity index (χ4n) is 8.74. The lowest BCUT2D eigenvalue weighted by atomic mass is 9.77. The van der Waals surface area contributed by atoms with Crippen molar-refractivity contribution in [2.75, 3.05) is 44.7 Å². The van der Waals surface area contributed by atoms with Crippen molar-refractivity contribution in [3.63, 3.8) is 0 Å². The van der Waals surface area contributed by atoms with E-state index >= 15 is 0 Å². The van der Waals surface area contributed by atoms with Crippen LogP contribution in [0.5, 0.6) is 0 Å². The highest BCUT2D eigenvalue weighted by atomic mass is 16.5. The third kappa shape index (κ3) is 5.02. The summed E-state index contributed by atoms with van der Waals surface area (Å²) in [5.74, 6) is -0.408. The lowest BCUT2D eigenvalue weighted by Gasteiger charge is -2.37. The summed E-state index contributed by atoms with van der Waals surface area (Å²) in [7, 11) is 2.15. The van der Waals surface area contributed by atoms with Crippen molar-refractivity contribution in [1.29, 1.82) is 0 Å². The van der Waals surface area contributed by atoms with Crippen molar-refractivity contribution < 1.29 is 24.0 Å². The number of anilines is 1. The molecule has 0 spiro atoms. The minimum Gasteiger partial charge on any atom is -0.506 e. The Hall–Kier alpha value is -4.49. The molecule has 5 aliphatic rings. The van der Waals surface area contributed by atoms with Gasteiger partial charge >= 0.3 is 5.97 Å². The fraction of sp³-hybridized carbons (Fsp3) is 0.390. The molecule has 0 radical (unpaired) electrons. The van der Waals surface area contributed by atoms with Crippen LogP contribution in [0.3, 0.4) is 0 Å². The summed E-state index contributed by atoms with van der Waals surface area (Å²) in [6.07, 6.45) is 8.42. The van der Waals surface area contributed by atoms with Gasteiger partial charge in [0, 0.05) is 42.5 Å². The maximum atomic E-state index is 13.8. The van der Waals surface area contributed by atoms with Crippen molar-refractivity contribution in [2.45, 2.75) is 63.8 Å². The SMILES string of the molecule is CN1CCCC1c1ccc(C(=O)OCC[N+]2=C(C=C3C(=O)C(c4cc5c6c(c4)CCCN6CCC5)=C3O)C(C)(C)c3ccccc32)cc1. The van der Waals surface area contributed by atoms with Gasteiger partial charge in [-0.3, -0.25) is 9.69 Å². The van der Waals surface area contributed by atoms with Crippen molar-refractivity contribution in [3.8, 4) is 0 Å².